The van der Waals surface area contributed by atoms with Gasteiger partial charge in [-0.25, -0.2) is 24.3 Å². The molecule has 15 nitrogen and oxygen atoms in total. The van der Waals surface area contributed by atoms with E-state index in [0.29, 0.717) is 44.9 Å². The van der Waals surface area contributed by atoms with Crippen LogP contribution in [0.15, 0.2) is 261 Å². The Hall–Kier alpha value is -11.3. The summed E-state index contributed by atoms with van der Waals surface area (Å²) in [5.74, 6) is -0.985. The summed E-state index contributed by atoms with van der Waals surface area (Å²) in [6, 6.07) is 65.9. The van der Waals surface area contributed by atoms with Crippen molar-refractivity contribution in [1.29, 1.82) is 0 Å². The van der Waals surface area contributed by atoms with E-state index < -0.39 is 11.9 Å². The Labute approximate surface area is 519 Å². The molecule has 15 heteroatoms. The third-order valence-electron chi connectivity index (χ3n) is 13.0. The lowest BCUT2D eigenvalue weighted by molar-refractivity contribution is -0.253. The van der Waals surface area contributed by atoms with Crippen molar-refractivity contribution in [2.45, 2.75) is 26.7 Å². The molecule has 0 heterocycles. The second-order valence-corrected chi connectivity index (χ2v) is 19.6. The van der Waals surface area contributed by atoms with Gasteiger partial charge in [0.25, 0.3) is 0 Å². The molecule has 0 aliphatic rings. The summed E-state index contributed by atoms with van der Waals surface area (Å²) in [4.78, 5) is 97.0. The Morgan fingerprint density at radius 3 is 0.778 bits per heavy atom. The first-order valence-corrected chi connectivity index (χ1v) is 27.8. The van der Waals surface area contributed by atoms with Crippen LogP contribution in [0.4, 0.5) is 0 Å². The van der Waals surface area contributed by atoms with Crippen molar-refractivity contribution >= 4 is 71.2 Å². The van der Waals surface area contributed by atoms with Gasteiger partial charge >= 0.3 is 11.9 Å². The van der Waals surface area contributed by atoms with Crippen LogP contribution in [0, 0.1) is 0 Å². The van der Waals surface area contributed by atoms with Crippen molar-refractivity contribution < 1.29 is 73.5 Å². The maximum Gasteiger partial charge on any atom is 0.343 e. The number of benzene rings is 9. The number of esters is 2. The van der Waals surface area contributed by atoms with Gasteiger partial charge in [-0.1, -0.05) is 188 Å². The molecule has 0 bridgehead atoms. The minimum absolute atomic E-state index is 0.0247. The summed E-state index contributed by atoms with van der Waals surface area (Å²) in [7, 11) is 0. The van der Waals surface area contributed by atoms with Crippen molar-refractivity contribution in [1.82, 2.24) is 0 Å². The van der Waals surface area contributed by atoms with Gasteiger partial charge in [-0.05, 0) is 155 Å². The molecule has 450 valence electrons. The molecule has 0 aliphatic heterocycles. The number of hydrogen-bond donors (Lipinski definition) is 3. The largest absolute Gasteiger partial charge is 0.423 e. The first-order valence-electron chi connectivity index (χ1n) is 27.8. The van der Waals surface area contributed by atoms with Crippen LogP contribution in [-0.4, -0.2) is 56.6 Å². The molecule has 3 N–H and O–H groups in total. The van der Waals surface area contributed by atoms with Crippen molar-refractivity contribution in [3.8, 4) is 11.5 Å². The van der Waals surface area contributed by atoms with Crippen LogP contribution < -0.4 is 9.47 Å². The van der Waals surface area contributed by atoms with E-state index in [1.807, 2.05) is 84.9 Å². The van der Waals surface area contributed by atoms with Gasteiger partial charge in [0.05, 0.1) is 11.1 Å². The van der Waals surface area contributed by atoms with E-state index in [2.05, 4.69) is 14.7 Å². The topological polar surface area (TPSA) is 226 Å². The van der Waals surface area contributed by atoms with Crippen LogP contribution in [0.3, 0.4) is 0 Å². The highest BCUT2D eigenvalue weighted by Gasteiger charge is 2.12. The van der Waals surface area contributed by atoms with Crippen molar-refractivity contribution in [2.24, 2.45) is 0 Å². The maximum atomic E-state index is 12.5. The van der Waals surface area contributed by atoms with E-state index in [-0.39, 0.29) is 48.7 Å². The molecule has 0 spiro atoms. The summed E-state index contributed by atoms with van der Waals surface area (Å²) in [6.45, 7) is 1.82. The number of allylic oxidation sites excluding steroid dienone is 5. The molecule has 9 rings (SSSR count). The molecule has 9 aromatic carbocycles. The molecule has 90 heavy (non-hydrogen) atoms. The quantitative estimate of drug-likeness (QED) is 0.0128. The van der Waals surface area contributed by atoms with Crippen LogP contribution in [0.25, 0.3) is 30.4 Å². The molecule has 0 radical (unpaired) electrons. The molecule has 0 amide bonds. The number of ketones is 5. The predicted octanol–water partition coefficient (Wildman–Crippen LogP) is 15.7. The number of carbonyl (C=O) groups excluding carboxylic acids is 7. The Morgan fingerprint density at radius 2 is 0.522 bits per heavy atom. The highest BCUT2D eigenvalue weighted by Crippen LogP contribution is 2.20. The zero-order valence-electron chi connectivity index (χ0n) is 48.6. The van der Waals surface area contributed by atoms with Crippen molar-refractivity contribution in [3.63, 3.8) is 0 Å². The van der Waals surface area contributed by atoms with Gasteiger partial charge in [0, 0.05) is 22.3 Å². The molecule has 0 saturated heterocycles. The first-order chi connectivity index (χ1) is 43.7. The summed E-state index contributed by atoms with van der Waals surface area (Å²) in [6.07, 6.45) is 15.9. The van der Waals surface area contributed by atoms with Crippen molar-refractivity contribution in [3.05, 3.63) is 339 Å². The van der Waals surface area contributed by atoms with Gasteiger partial charge in [0.2, 0.25) is 0 Å². The molecule has 0 fully saturated rings. The zero-order chi connectivity index (χ0) is 63.9. The third kappa shape index (κ3) is 22.2. The Bertz CT molecular complexity index is 3980. The standard InChI is InChI=1S/C32H24O6.C27H22O6.C16H14O3/c33-30(26-4-2-1-3-5-26)20-13-24-10-14-28(15-11-24)32(35)38-29-18-16-27(17-19-29)31(34)21-12-23-6-8-25(9-7-23)22-37-36;1-19(28)2-3-20-8-11-24(12-9-20)27(30)33-25-15-13-23(14-16-25)26(29)17-10-21-4-6-22(7-5-21)18-32-31;17-16(15-4-2-1-3-5-15)11-10-13-6-8-14(9-7-13)12-19-18/h1-21,36H,22H2;2-17,31H,18H2,1H3;1-11,18H,12H2/b20-13+,21-12+;3-2+,17-10+;11-10+. The van der Waals surface area contributed by atoms with E-state index >= 15 is 0 Å². The first kappa shape index (κ1) is 66.3. The minimum Gasteiger partial charge on any atom is -0.423 e. The second-order valence-electron chi connectivity index (χ2n) is 19.6. The summed E-state index contributed by atoms with van der Waals surface area (Å²) in [5.41, 5.74) is 9.56. The van der Waals surface area contributed by atoms with Gasteiger partial charge in [-0.15, -0.1) is 0 Å². The van der Waals surface area contributed by atoms with Crippen LogP contribution in [0.1, 0.15) is 114 Å². The number of ether oxygens (including phenoxy) is 2. The fraction of sp³-hybridized carbons (Fsp3) is 0.0533. The molecule has 0 unspecified atom stereocenters. The Morgan fingerprint density at radius 1 is 0.289 bits per heavy atom. The average Bonchev–Trinajstić information content (AvgIpc) is 3.77. The van der Waals surface area contributed by atoms with Gasteiger partial charge < -0.3 is 9.47 Å². The van der Waals surface area contributed by atoms with Gasteiger partial charge in [-0.3, -0.25) is 39.7 Å². The fourth-order valence-electron chi connectivity index (χ4n) is 8.06. The van der Waals surface area contributed by atoms with Gasteiger partial charge in [0.15, 0.2) is 28.9 Å². The van der Waals surface area contributed by atoms with Gasteiger partial charge in [0.1, 0.15) is 31.3 Å². The summed E-state index contributed by atoms with van der Waals surface area (Å²) < 4.78 is 10.8. The summed E-state index contributed by atoms with van der Waals surface area (Å²) >= 11 is 0. The molecule has 0 aliphatic carbocycles. The highest BCUT2D eigenvalue weighted by atomic mass is 17.1. The maximum absolute atomic E-state index is 12.5. The Kier molecular flexibility index (Phi) is 26.0. The third-order valence-corrected chi connectivity index (χ3v) is 13.0. The summed E-state index contributed by atoms with van der Waals surface area (Å²) in [5, 5.41) is 25.3. The second kappa shape index (κ2) is 35.4. The lowest BCUT2D eigenvalue weighted by atomic mass is 10.1. The van der Waals surface area contributed by atoms with E-state index in [4.69, 9.17) is 25.2 Å². The lowest BCUT2D eigenvalue weighted by Crippen LogP contribution is -2.08. The van der Waals surface area contributed by atoms with Crippen LogP contribution in [0.5, 0.6) is 11.5 Å². The predicted molar refractivity (Wildman–Crippen MR) is 343 cm³/mol. The van der Waals surface area contributed by atoms with E-state index in [1.165, 1.54) is 31.2 Å². The highest BCUT2D eigenvalue weighted by molar-refractivity contribution is 6.09. The molecule has 0 saturated carbocycles. The average molecular weight is 1200 g/mol. The normalized spacial score (nSPS) is 11.0. The number of hydrogen-bond acceptors (Lipinski definition) is 15. The van der Waals surface area contributed by atoms with Crippen LogP contribution in [0.2, 0.25) is 0 Å². The molecular weight excluding hydrogens is 1140 g/mol. The smallest absolute Gasteiger partial charge is 0.343 e. The molecular formula is C75H60O15. The Balaban J connectivity index is 0.000000202. The zero-order valence-corrected chi connectivity index (χ0v) is 48.6. The van der Waals surface area contributed by atoms with Crippen LogP contribution >= 0.6 is 0 Å². The van der Waals surface area contributed by atoms with E-state index in [9.17, 15) is 33.6 Å². The monoisotopic (exact) mass is 1200 g/mol. The molecule has 0 atom stereocenters. The lowest BCUT2D eigenvalue weighted by Gasteiger charge is -2.05. The number of carbonyl (C=O) groups is 7. The van der Waals surface area contributed by atoms with Crippen molar-refractivity contribution in [2.75, 3.05) is 0 Å². The van der Waals surface area contributed by atoms with Crippen LogP contribution in [-0.2, 0) is 39.3 Å². The molecule has 0 aromatic heterocycles. The van der Waals surface area contributed by atoms with Gasteiger partial charge in [-0.2, -0.15) is 0 Å². The molecule has 9 aromatic rings. The minimum atomic E-state index is -0.532. The fourth-order valence-corrected chi connectivity index (χ4v) is 8.06. The van der Waals surface area contributed by atoms with E-state index in [0.717, 1.165) is 44.5 Å². The SMILES string of the molecule is CC(=O)/C=C/c1ccc(C(=O)Oc2ccc(C(=O)/C=C/c3ccc(COO)cc3)cc2)cc1.O=C(/C=C/c1ccc(C(=O)Oc2ccc(C(=O)/C=C/c3ccc(COO)cc3)cc2)cc1)c1ccccc1.O=C(/C=C/c1ccc(COO)cc1)c1ccccc1. The number of rotatable bonds is 24. The van der Waals surface area contributed by atoms with E-state index in [1.54, 1.807) is 182 Å².